The summed E-state index contributed by atoms with van der Waals surface area (Å²) in [4.78, 5) is 43.4. The minimum atomic E-state index is -0.563. The lowest BCUT2D eigenvalue weighted by molar-refractivity contribution is 0.0173. The van der Waals surface area contributed by atoms with Gasteiger partial charge in [0.05, 0.1) is 17.8 Å². The van der Waals surface area contributed by atoms with Gasteiger partial charge in [0.1, 0.15) is 27.9 Å². The Morgan fingerprint density at radius 2 is 1.29 bits per heavy atom. The summed E-state index contributed by atoms with van der Waals surface area (Å²) in [6, 6.07) is 19.6. The summed E-state index contributed by atoms with van der Waals surface area (Å²) in [5.74, 6) is 1.74. The molecule has 4 fully saturated rings. The number of benzene rings is 3. The van der Waals surface area contributed by atoms with Crippen LogP contribution in [-0.2, 0) is 15.9 Å². The molecule has 10 heteroatoms. The van der Waals surface area contributed by atoms with Crippen molar-refractivity contribution in [3.05, 3.63) is 71.1 Å². The van der Waals surface area contributed by atoms with Gasteiger partial charge in [-0.2, -0.15) is 0 Å². The fourth-order valence-corrected chi connectivity index (χ4v) is 8.75. The average molecular weight is 706 g/mol. The Morgan fingerprint density at radius 3 is 1.94 bits per heavy atom. The highest BCUT2D eigenvalue weighted by Gasteiger charge is 2.57. The Hall–Kier alpha value is -4.37. The van der Waals surface area contributed by atoms with Crippen LogP contribution in [0, 0.1) is 11.8 Å². The molecule has 4 aromatic rings. The first kappa shape index (κ1) is 32.5. The van der Waals surface area contributed by atoms with Gasteiger partial charge in [0.25, 0.3) is 0 Å². The molecule has 3 aromatic carbocycles. The summed E-state index contributed by atoms with van der Waals surface area (Å²) in [6.45, 7) is 11.4. The fraction of sp³-hybridized carbons (Fsp3) is 0.463. The van der Waals surface area contributed by atoms with Crippen molar-refractivity contribution in [3.8, 4) is 22.4 Å². The smallest absolute Gasteiger partial charge is 0.411 e. The van der Waals surface area contributed by atoms with E-state index in [9.17, 15) is 9.59 Å². The van der Waals surface area contributed by atoms with Gasteiger partial charge in [-0.05, 0) is 131 Å². The van der Waals surface area contributed by atoms with Crippen molar-refractivity contribution >= 4 is 46.0 Å². The van der Waals surface area contributed by atoms with Crippen LogP contribution in [0.5, 0.6) is 0 Å². The van der Waals surface area contributed by atoms with E-state index < -0.39 is 11.2 Å². The molecule has 1 unspecified atom stereocenters. The highest BCUT2D eigenvalue weighted by atomic mass is 35.5. The van der Waals surface area contributed by atoms with Gasteiger partial charge in [0, 0.05) is 29.8 Å². The second-order valence-corrected chi connectivity index (χ2v) is 17.5. The van der Waals surface area contributed by atoms with Gasteiger partial charge >= 0.3 is 12.2 Å². The van der Waals surface area contributed by atoms with E-state index in [1.807, 2.05) is 51.3 Å². The van der Waals surface area contributed by atoms with Crippen LogP contribution in [0.2, 0.25) is 5.15 Å². The van der Waals surface area contributed by atoms with Crippen molar-refractivity contribution in [3.63, 3.8) is 0 Å². The van der Waals surface area contributed by atoms with Crippen LogP contribution in [-0.4, -0.2) is 67.0 Å². The number of carbonyl (C=O) groups excluding carboxylic acids is 2. The third kappa shape index (κ3) is 5.97. The quantitative estimate of drug-likeness (QED) is 0.228. The van der Waals surface area contributed by atoms with Crippen LogP contribution in [0.3, 0.4) is 0 Å². The maximum absolute atomic E-state index is 13.2. The number of likely N-dealkylation sites (tertiary alicyclic amines) is 2. The number of hydrogen-bond acceptors (Lipinski definition) is 6. The number of ether oxygens (including phenoxy) is 2. The van der Waals surface area contributed by atoms with Gasteiger partial charge in [-0.15, -0.1) is 0 Å². The summed E-state index contributed by atoms with van der Waals surface area (Å²) in [5.41, 5.74) is 6.02. The highest BCUT2D eigenvalue weighted by molar-refractivity contribution is 6.32. The van der Waals surface area contributed by atoms with Gasteiger partial charge in [0.2, 0.25) is 0 Å². The van der Waals surface area contributed by atoms with Crippen molar-refractivity contribution in [2.24, 2.45) is 16.8 Å². The van der Waals surface area contributed by atoms with Gasteiger partial charge < -0.3 is 14.5 Å². The monoisotopic (exact) mass is 705 g/mol. The molecule has 0 bridgehead atoms. The molecule has 264 valence electrons. The lowest BCUT2D eigenvalue weighted by atomic mass is 9.96. The lowest BCUT2D eigenvalue weighted by Gasteiger charge is -2.30. The van der Waals surface area contributed by atoms with Crippen LogP contribution in [0.4, 0.5) is 15.3 Å². The first-order valence-corrected chi connectivity index (χ1v) is 18.6. The predicted octanol–water partition coefficient (Wildman–Crippen LogP) is 9.65. The molecule has 2 aliphatic carbocycles. The number of fused-ring (bicyclic) bond motifs is 4. The molecule has 0 radical (unpaired) electrons. The Morgan fingerprint density at radius 1 is 0.745 bits per heavy atom. The number of H-pyrrole nitrogens is 1. The zero-order valence-corrected chi connectivity index (χ0v) is 30.8. The number of nitrogens with one attached hydrogen (secondary N) is 1. The van der Waals surface area contributed by atoms with E-state index in [0.717, 1.165) is 71.0 Å². The molecule has 9 rings (SSSR count). The van der Waals surface area contributed by atoms with E-state index in [2.05, 4.69) is 59.6 Å². The maximum atomic E-state index is 13.2. The second-order valence-electron chi connectivity index (χ2n) is 17.1. The van der Waals surface area contributed by atoms with E-state index >= 15 is 0 Å². The summed E-state index contributed by atoms with van der Waals surface area (Å²) in [5, 5.41) is 2.67. The SMILES string of the molecule is CC(C)(C)OC(=O)N1C(c2nc(-c3ccc4cc(-c5ccc6c(c5)CC([C@@H]5C[C@H]7C[C@H]7N5C(=O)OC(C)(C)C)=N6)ccc4c3)c(Cl)[nH]2)C[C@H]2C[C@H]21. The number of carbonyl (C=O) groups is 2. The minimum Gasteiger partial charge on any atom is -0.444 e. The number of piperidine rings is 2. The van der Waals surface area contributed by atoms with Crippen molar-refractivity contribution in [1.82, 2.24) is 19.8 Å². The van der Waals surface area contributed by atoms with E-state index in [1.54, 1.807) is 0 Å². The number of nitrogens with zero attached hydrogens (tertiary/aromatic N) is 4. The first-order valence-electron chi connectivity index (χ1n) is 18.2. The van der Waals surface area contributed by atoms with E-state index in [1.165, 1.54) is 5.56 Å². The number of halogens is 1. The molecule has 2 saturated heterocycles. The number of hydrogen-bond donors (Lipinski definition) is 1. The molecule has 9 nitrogen and oxygen atoms in total. The number of aromatic amines is 1. The summed E-state index contributed by atoms with van der Waals surface area (Å²) < 4.78 is 11.5. The zero-order chi connectivity index (χ0) is 35.6. The number of amides is 2. The Balaban J connectivity index is 0.921. The number of aliphatic imine (C=N–C) groups is 1. The molecule has 3 aliphatic heterocycles. The van der Waals surface area contributed by atoms with Gasteiger partial charge in [-0.3, -0.25) is 14.8 Å². The molecule has 51 heavy (non-hydrogen) atoms. The lowest BCUT2D eigenvalue weighted by Crippen LogP contribution is -2.45. The van der Waals surface area contributed by atoms with Crippen LogP contribution < -0.4 is 0 Å². The van der Waals surface area contributed by atoms with Crippen molar-refractivity contribution in [2.45, 2.75) is 109 Å². The van der Waals surface area contributed by atoms with Crippen LogP contribution in [0.15, 0.2) is 59.6 Å². The summed E-state index contributed by atoms with van der Waals surface area (Å²) >= 11 is 6.76. The van der Waals surface area contributed by atoms with E-state index in [-0.39, 0.29) is 36.4 Å². The maximum Gasteiger partial charge on any atom is 0.411 e. The fourth-order valence-electron chi connectivity index (χ4n) is 8.50. The summed E-state index contributed by atoms with van der Waals surface area (Å²) in [6.07, 6.45) is 4.13. The first-order chi connectivity index (χ1) is 24.2. The minimum absolute atomic E-state index is 0.00102. The summed E-state index contributed by atoms with van der Waals surface area (Å²) in [7, 11) is 0. The third-order valence-electron chi connectivity index (χ3n) is 11.0. The van der Waals surface area contributed by atoms with E-state index in [4.69, 9.17) is 31.1 Å². The van der Waals surface area contributed by atoms with Gasteiger partial charge in [-0.25, -0.2) is 14.6 Å². The molecule has 6 atom stereocenters. The molecule has 1 N–H and O–H groups in total. The van der Waals surface area contributed by atoms with E-state index in [0.29, 0.717) is 28.5 Å². The normalized spacial score (nSPS) is 26.1. The van der Waals surface area contributed by atoms with Crippen LogP contribution in [0.25, 0.3) is 33.2 Å². The molecule has 2 amide bonds. The highest BCUT2D eigenvalue weighted by Crippen LogP contribution is 2.54. The largest absolute Gasteiger partial charge is 0.444 e. The van der Waals surface area contributed by atoms with Crippen molar-refractivity contribution < 1.29 is 19.1 Å². The molecular formula is C41H44ClN5O4. The molecule has 5 aliphatic rings. The molecular weight excluding hydrogens is 662 g/mol. The topological polar surface area (TPSA) is 100 Å². The predicted molar refractivity (Wildman–Crippen MR) is 198 cm³/mol. The molecule has 2 saturated carbocycles. The Bertz CT molecular complexity index is 2140. The Labute approximate surface area is 303 Å². The molecule has 0 spiro atoms. The molecule has 4 heterocycles. The van der Waals surface area contributed by atoms with Crippen LogP contribution in [0.1, 0.15) is 84.7 Å². The van der Waals surface area contributed by atoms with Crippen molar-refractivity contribution in [1.29, 1.82) is 0 Å². The zero-order valence-electron chi connectivity index (χ0n) is 30.0. The number of aromatic nitrogens is 2. The standard InChI is InChI=1S/C41H44ClN5O4/c1-40(2,3)50-38(48)46-31-17-27(31)19-33(46)30-16-26-15-24(11-12-29(26)43-30)21-7-8-23-14-25(10-9-22(23)13-21)35-36(42)45-37(44-35)34-20-28-18-32(28)47(34)39(49)51-41(4,5)6/h7-15,27-28,31-34H,16-20H2,1-6H3,(H,44,45)/t27-,28-,31-,32-,33+,34?/m1/s1. The number of imidazole rings is 1. The Kier molecular flexibility index (Phi) is 7.22. The van der Waals surface area contributed by atoms with Gasteiger partial charge in [-0.1, -0.05) is 41.9 Å². The third-order valence-corrected chi connectivity index (χ3v) is 11.2. The average Bonchev–Trinajstić information content (AvgIpc) is 3.73. The molecule has 1 aromatic heterocycles. The van der Waals surface area contributed by atoms with Crippen molar-refractivity contribution in [2.75, 3.05) is 0 Å². The number of rotatable bonds is 4. The van der Waals surface area contributed by atoms with Gasteiger partial charge in [0.15, 0.2) is 0 Å². The second kappa shape index (κ2) is 11.3. The van der Waals surface area contributed by atoms with Crippen LogP contribution >= 0.6 is 11.6 Å².